The zero-order valence-electron chi connectivity index (χ0n) is 9.05. The van der Waals surface area contributed by atoms with Gasteiger partial charge in [-0.1, -0.05) is 19.4 Å². The van der Waals surface area contributed by atoms with E-state index >= 15 is 0 Å². The summed E-state index contributed by atoms with van der Waals surface area (Å²) >= 11 is 0. The third kappa shape index (κ3) is 1.20. The molecule has 1 aliphatic carbocycles. The van der Waals surface area contributed by atoms with Crippen molar-refractivity contribution in [3.05, 3.63) is 12.7 Å². The van der Waals surface area contributed by atoms with Gasteiger partial charge >= 0.3 is 6.03 Å². The van der Waals surface area contributed by atoms with Crippen molar-refractivity contribution in [2.45, 2.75) is 31.7 Å². The molecule has 1 aliphatic heterocycles. The Hall–Kier alpha value is -1.32. The predicted octanol–water partition coefficient (Wildman–Crippen LogP) is 1.73. The molecule has 0 bridgehead atoms. The van der Waals surface area contributed by atoms with Gasteiger partial charge < -0.3 is 4.90 Å². The van der Waals surface area contributed by atoms with E-state index in [0.717, 1.165) is 19.3 Å². The Balaban J connectivity index is 2.37. The second-order valence-electron chi connectivity index (χ2n) is 4.42. The summed E-state index contributed by atoms with van der Waals surface area (Å²) in [5.41, 5.74) is -0.370. The number of carbonyl (C=O) groups excluding carboxylic acids is 1. The smallest absolute Gasteiger partial charge is 0.308 e. The fourth-order valence-electron chi connectivity index (χ4n) is 2.91. The van der Waals surface area contributed by atoms with Crippen LogP contribution in [0, 0.1) is 11.3 Å². The molecule has 4 heteroatoms. The Morgan fingerprint density at radius 2 is 2.53 bits per heavy atom. The molecule has 2 aliphatic rings. The first kappa shape index (κ1) is 10.2. The molecule has 2 atom stereocenters. The van der Waals surface area contributed by atoms with Crippen molar-refractivity contribution in [1.29, 1.82) is 5.41 Å². The monoisotopic (exact) mass is 207 g/mol. The summed E-state index contributed by atoms with van der Waals surface area (Å²) in [5.74, 6) is 0.739. The minimum Gasteiger partial charge on any atom is -0.308 e. The van der Waals surface area contributed by atoms with Crippen molar-refractivity contribution in [3.63, 3.8) is 0 Å². The molecule has 1 heterocycles. The highest BCUT2D eigenvalue weighted by Gasteiger charge is 2.55. The van der Waals surface area contributed by atoms with E-state index in [1.54, 1.807) is 11.0 Å². The molecule has 0 radical (unpaired) electrons. The van der Waals surface area contributed by atoms with Gasteiger partial charge in [0.1, 0.15) is 11.4 Å². The zero-order valence-corrected chi connectivity index (χ0v) is 9.05. The summed E-state index contributed by atoms with van der Waals surface area (Å²) in [7, 11) is 0. The largest absolute Gasteiger partial charge is 0.323 e. The average Bonchev–Trinajstić information content (AvgIpc) is 2.66. The van der Waals surface area contributed by atoms with Crippen molar-refractivity contribution in [2.24, 2.45) is 5.92 Å². The van der Waals surface area contributed by atoms with E-state index in [1.165, 1.54) is 0 Å². The molecule has 0 aromatic heterocycles. The van der Waals surface area contributed by atoms with Crippen LogP contribution < -0.4 is 5.32 Å². The molecule has 4 nitrogen and oxygen atoms in total. The number of nitrogens with one attached hydrogen (secondary N) is 2. The van der Waals surface area contributed by atoms with E-state index < -0.39 is 0 Å². The topological polar surface area (TPSA) is 56.2 Å². The maximum absolute atomic E-state index is 11.7. The van der Waals surface area contributed by atoms with Crippen LogP contribution in [0.15, 0.2) is 12.7 Å². The Kier molecular flexibility index (Phi) is 2.29. The maximum Gasteiger partial charge on any atom is 0.323 e. The van der Waals surface area contributed by atoms with Crippen LogP contribution in [-0.4, -0.2) is 28.9 Å². The fraction of sp³-hybridized carbons (Fsp3) is 0.636. The van der Waals surface area contributed by atoms with Gasteiger partial charge in [0.05, 0.1) is 0 Å². The van der Waals surface area contributed by atoms with E-state index in [4.69, 9.17) is 5.41 Å². The third-order valence-corrected chi connectivity index (χ3v) is 3.71. The van der Waals surface area contributed by atoms with Crippen LogP contribution in [0.25, 0.3) is 0 Å². The van der Waals surface area contributed by atoms with Crippen molar-refractivity contribution in [2.75, 3.05) is 6.54 Å². The average molecular weight is 207 g/mol. The number of nitrogens with zero attached hydrogens (tertiary/aromatic N) is 1. The zero-order chi connectivity index (χ0) is 11.1. The normalized spacial score (nSPS) is 35.0. The van der Waals surface area contributed by atoms with Crippen LogP contribution in [0.1, 0.15) is 26.2 Å². The van der Waals surface area contributed by atoms with E-state index in [9.17, 15) is 4.79 Å². The summed E-state index contributed by atoms with van der Waals surface area (Å²) in [6.07, 6.45) is 4.81. The Morgan fingerprint density at radius 3 is 3.07 bits per heavy atom. The van der Waals surface area contributed by atoms with Crippen LogP contribution in [0.4, 0.5) is 4.79 Å². The summed E-state index contributed by atoms with van der Waals surface area (Å²) in [6.45, 7) is 6.32. The van der Waals surface area contributed by atoms with Gasteiger partial charge in [-0.15, -0.1) is 6.58 Å². The second-order valence-corrected chi connectivity index (χ2v) is 4.42. The molecule has 0 aromatic carbocycles. The first-order valence-corrected chi connectivity index (χ1v) is 5.41. The lowest BCUT2D eigenvalue weighted by Gasteiger charge is -2.36. The molecule has 0 aromatic rings. The van der Waals surface area contributed by atoms with Gasteiger partial charge in [0, 0.05) is 6.54 Å². The molecule has 2 unspecified atom stereocenters. The molecule has 2 N–H and O–H groups in total. The molecule has 1 spiro atoms. The van der Waals surface area contributed by atoms with Crippen molar-refractivity contribution in [1.82, 2.24) is 10.2 Å². The van der Waals surface area contributed by atoms with Crippen LogP contribution in [0.5, 0.6) is 0 Å². The maximum atomic E-state index is 11.7. The highest BCUT2D eigenvalue weighted by Crippen LogP contribution is 2.42. The van der Waals surface area contributed by atoms with Crippen LogP contribution in [0.3, 0.4) is 0 Å². The number of hydrogen-bond acceptors (Lipinski definition) is 2. The minimum absolute atomic E-state index is 0.145. The lowest BCUT2D eigenvalue weighted by atomic mass is 9.86. The number of amidine groups is 1. The molecular formula is C11H17N3O. The molecule has 1 saturated carbocycles. The van der Waals surface area contributed by atoms with Crippen LogP contribution in [0.2, 0.25) is 0 Å². The van der Waals surface area contributed by atoms with E-state index in [0.29, 0.717) is 18.3 Å². The first-order chi connectivity index (χ1) is 7.13. The molecule has 15 heavy (non-hydrogen) atoms. The number of rotatable bonds is 2. The van der Waals surface area contributed by atoms with E-state index in [-0.39, 0.29) is 11.6 Å². The standard InChI is InChI=1S/C11H17N3O/c1-3-7-14-10(15)13-9(12)11(14)6-4-5-8(11)2/h3,8H,1,4-7H2,2H3,(H2,12,13,15). The second kappa shape index (κ2) is 3.36. The molecule has 2 rings (SSSR count). The van der Waals surface area contributed by atoms with Gasteiger partial charge in [-0.05, 0) is 18.8 Å². The van der Waals surface area contributed by atoms with Gasteiger partial charge in [0.2, 0.25) is 0 Å². The summed E-state index contributed by atoms with van der Waals surface area (Å²) in [5, 5.41) is 10.6. The Labute approximate surface area is 89.8 Å². The van der Waals surface area contributed by atoms with Gasteiger partial charge in [-0.3, -0.25) is 10.7 Å². The van der Waals surface area contributed by atoms with Gasteiger partial charge in [0.25, 0.3) is 0 Å². The first-order valence-electron chi connectivity index (χ1n) is 5.41. The third-order valence-electron chi connectivity index (χ3n) is 3.71. The van der Waals surface area contributed by atoms with Crippen molar-refractivity contribution >= 4 is 11.9 Å². The highest BCUT2D eigenvalue weighted by atomic mass is 16.2. The van der Waals surface area contributed by atoms with Crippen molar-refractivity contribution < 1.29 is 4.79 Å². The summed E-state index contributed by atoms with van der Waals surface area (Å²) in [6, 6.07) is -0.145. The van der Waals surface area contributed by atoms with Crippen molar-refractivity contribution in [3.8, 4) is 0 Å². The lowest BCUT2D eigenvalue weighted by Crippen LogP contribution is -2.51. The van der Waals surface area contributed by atoms with Crippen LogP contribution in [-0.2, 0) is 0 Å². The molecule has 1 saturated heterocycles. The lowest BCUT2D eigenvalue weighted by molar-refractivity contribution is 0.163. The van der Waals surface area contributed by atoms with Gasteiger partial charge in [-0.25, -0.2) is 4.79 Å². The quantitative estimate of drug-likeness (QED) is 0.666. The molecular weight excluding hydrogens is 190 g/mol. The number of carbonyl (C=O) groups is 1. The summed E-state index contributed by atoms with van der Waals surface area (Å²) < 4.78 is 0. The molecule has 2 amide bonds. The number of urea groups is 1. The fourth-order valence-corrected chi connectivity index (χ4v) is 2.91. The SMILES string of the molecule is C=CCN1C(=O)NC(=N)C12CCCC2C. The Morgan fingerprint density at radius 1 is 1.80 bits per heavy atom. The molecule has 82 valence electrons. The van der Waals surface area contributed by atoms with E-state index in [1.807, 2.05) is 0 Å². The van der Waals surface area contributed by atoms with Crippen LogP contribution >= 0.6 is 0 Å². The molecule has 2 fully saturated rings. The van der Waals surface area contributed by atoms with Gasteiger partial charge in [0.15, 0.2) is 0 Å². The number of hydrogen-bond donors (Lipinski definition) is 2. The highest BCUT2D eigenvalue weighted by molar-refractivity contribution is 6.08. The van der Waals surface area contributed by atoms with E-state index in [2.05, 4.69) is 18.8 Å². The Bertz CT molecular complexity index is 326. The van der Waals surface area contributed by atoms with Gasteiger partial charge in [-0.2, -0.15) is 0 Å². The summed E-state index contributed by atoms with van der Waals surface area (Å²) in [4.78, 5) is 13.5. The predicted molar refractivity (Wildman–Crippen MR) is 58.9 cm³/mol. The minimum atomic E-state index is -0.370. The number of amides is 2.